The molecule has 9 heteroatoms. The SMILES string of the molecule is CC1(C)c2[se]nnc2-c2ccc(OCC(F)(F)F)cc2S1=O. The summed E-state index contributed by atoms with van der Waals surface area (Å²) in [5.74, 6) is 0.0460. The van der Waals surface area contributed by atoms with Crippen LogP contribution in [0.3, 0.4) is 0 Å². The molecule has 1 unspecified atom stereocenters. The Balaban J connectivity index is 2.03. The molecule has 1 atom stereocenters. The van der Waals surface area contributed by atoms with Gasteiger partial charge >= 0.3 is 133 Å². The summed E-state index contributed by atoms with van der Waals surface area (Å²) >= 11 is -0.183. The fourth-order valence-corrected chi connectivity index (χ4v) is 5.69. The number of hydrogen-bond acceptors (Lipinski definition) is 4. The van der Waals surface area contributed by atoms with Crippen LogP contribution in [0.4, 0.5) is 13.2 Å². The molecule has 3 rings (SSSR count). The van der Waals surface area contributed by atoms with E-state index in [0.717, 1.165) is 4.44 Å². The van der Waals surface area contributed by atoms with Crippen molar-refractivity contribution >= 4 is 25.5 Å². The molecule has 1 aliphatic rings. The second-order valence-corrected chi connectivity index (χ2v) is 8.87. The van der Waals surface area contributed by atoms with Crippen LogP contribution in [0.25, 0.3) is 11.3 Å². The zero-order chi connectivity index (χ0) is 16.1. The Bertz CT molecular complexity index is 758. The molecule has 0 radical (unpaired) electrons. The van der Waals surface area contributed by atoms with Gasteiger partial charge in [0.25, 0.3) is 0 Å². The molecule has 0 spiro atoms. The normalized spacial score (nSPS) is 19.4. The van der Waals surface area contributed by atoms with E-state index >= 15 is 0 Å². The average molecular weight is 395 g/mol. The van der Waals surface area contributed by atoms with Crippen molar-refractivity contribution in [1.82, 2.24) is 9.19 Å². The van der Waals surface area contributed by atoms with Crippen molar-refractivity contribution < 1.29 is 22.1 Å². The molecule has 0 amide bonds. The second kappa shape index (κ2) is 5.18. The third-order valence-corrected chi connectivity index (χ3v) is 7.67. The number of aromatic nitrogens is 2. The standard InChI is InChI=1S/C13H11F3N2O2SSe/c1-12(2)11-10(17-18-22-11)8-4-3-7(5-9(8)21(12)19)20-6-13(14,15)16/h3-5H,6H2,1-2H3. The van der Waals surface area contributed by atoms with Crippen molar-refractivity contribution in [3.8, 4) is 17.0 Å². The van der Waals surface area contributed by atoms with Gasteiger partial charge in [-0.2, -0.15) is 0 Å². The molecule has 1 aromatic carbocycles. The molecule has 1 aliphatic heterocycles. The molecule has 22 heavy (non-hydrogen) atoms. The fraction of sp³-hybridized carbons (Fsp3) is 0.385. The third-order valence-electron chi connectivity index (χ3n) is 3.31. The van der Waals surface area contributed by atoms with Crippen LogP contribution in [0.1, 0.15) is 18.3 Å². The van der Waals surface area contributed by atoms with Crippen molar-refractivity contribution in [1.29, 1.82) is 0 Å². The maximum atomic E-state index is 12.8. The summed E-state index contributed by atoms with van der Waals surface area (Å²) in [4.78, 5) is 0.445. The van der Waals surface area contributed by atoms with Crippen LogP contribution < -0.4 is 4.74 Å². The van der Waals surface area contributed by atoms with Crippen LogP contribution in [-0.4, -0.2) is 40.9 Å². The number of benzene rings is 1. The third kappa shape index (κ3) is 2.61. The van der Waals surface area contributed by atoms with Crippen molar-refractivity contribution in [3.63, 3.8) is 0 Å². The Morgan fingerprint density at radius 3 is 2.77 bits per heavy atom. The van der Waals surface area contributed by atoms with E-state index in [1.165, 1.54) is 12.1 Å². The molecule has 2 aromatic rings. The van der Waals surface area contributed by atoms with Gasteiger partial charge < -0.3 is 0 Å². The van der Waals surface area contributed by atoms with E-state index in [9.17, 15) is 17.4 Å². The molecule has 1 aromatic heterocycles. The minimum atomic E-state index is -4.41. The number of fused-ring (bicyclic) bond motifs is 3. The van der Waals surface area contributed by atoms with Gasteiger partial charge in [-0.1, -0.05) is 0 Å². The summed E-state index contributed by atoms with van der Waals surface area (Å²) < 4.78 is 58.6. The molecule has 0 saturated carbocycles. The molecule has 0 bridgehead atoms. The molecule has 0 aliphatic carbocycles. The van der Waals surface area contributed by atoms with Crippen LogP contribution in [0, 0.1) is 0 Å². The van der Waals surface area contributed by atoms with E-state index in [-0.39, 0.29) is 20.5 Å². The van der Waals surface area contributed by atoms with Crippen LogP contribution in [0.2, 0.25) is 0 Å². The van der Waals surface area contributed by atoms with E-state index in [4.69, 9.17) is 4.74 Å². The monoisotopic (exact) mass is 396 g/mol. The van der Waals surface area contributed by atoms with E-state index in [1.807, 2.05) is 13.8 Å². The van der Waals surface area contributed by atoms with Crippen LogP contribution in [0.15, 0.2) is 23.1 Å². The maximum absolute atomic E-state index is 12.8. The summed E-state index contributed by atoms with van der Waals surface area (Å²) in [5.41, 5.74) is 1.36. The number of rotatable bonds is 2. The fourth-order valence-electron chi connectivity index (χ4n) is 2.23. The zero-order valence-electron chi connectivity index (χ0n) is 11.6. The first-order valence-electron chi connectivity index (χ1n) is 6.29. The van der Waals surface area contributed by atoms with Crippen molar-refractivity contribution in [3.05, 3.63) is 22.6 Å². The molecule has 0 fully saturated rings. The molecule has 2 heterocycles. The first-order valence-corrected chi connectivity index (χ1v) is 9.06. The van der Waals surface area contributed by atoms with Crippen LogP contribution >= 0.6 is 0 Å². The van der Waals surface area contributed by atoms with Gasteiger partial charge in [0.1, 0.15) is 0 Å². The summed E-state index contributed by atoms with van der Waals surface area (Å²) in [7, 11) is -1.39. The Morgan fingerprint density at radius 2 is 2.09 bits per heavy atom. The summed E-state index contributed by atoms with van der Waals surface area (Å²) in [6.45, 7) is 2.30. The van der Waals surface area contributed by atoms with Crippen molar-refractivity contribution in [2.45, 2.75) is 29.7 Å². The molecule has 4 nitrogen and oxygen atoms in total. The second-order valence-electron chi connectivity index (χ2n) is 5.29. The Hall–Kier alpha value is -1.18. The Labute approximate surface area is 133 Å². The summed E-state index contributed by atoms with van der Waals surface area (Å²) in [6.07, 6.45) is -4.41. The number of alkyl halides is 3. The van der Waals surface area contributed by atoms with Crippen molar-refractivity contribution in [2.75, 3.05) is 6.61 Å². The van der Waals surface area contributed by atoms with Gasteiger partial charge in [0.05, 0.1) is 0 Å². The average Bonchev–Trinajstić information content (AvgIpc) is 2.92. The zero-order valence-corrected chi connectivity index (χ0v) is 14.1. The Morgan fingerprint density at radius 1 is 1.36 bits per heavy atom. The molecular formula is C13H11F3N2O2SSe. The predicted octanol–water partition coefficient (Wildman–Crippen LogP) is 2.50. The predicted molar refractivity (Wildman–Crippen MR) is 75.4 cm³/mol. The summed E-state index contributed by atoms with van der Waals surface area (Å²) in [5, 5.41) is 4.12. The quantitative estimate of drug-likeness (QED) is 0.734. The number of hydrogen-bond donors (Lipinski definition) is 0. The van der Waals surface area contributed by atoms with Crippen LogP contribution in [-0.2, 0) is 15.5 Å². The van der Waals surface area contributed by atoms with Gasteiger partial charge in [-0.05, 0) is 0 Å². The van der Waals surface area contributed by atoms with E-state index in [1.54, 1.807) is 6.07 Å². The number of halogens is 3. The summed E-state index contributed by atoms with van der Waals surface area (Å²) in [6, 6.07) is 4.44. The van der Waals surface area contributed by atoms with E-state index < -0.39 is 28.3 Å². The first kappa shape index (κ1) is 15.7. The molecule has 118 valence electrons. The molecule has 0 saturated heterocycles. The van der Waals surface area contributed by atoms with E-state index in [0.29, 0.717) is 16.2 Å². The minimum absolute atomic E-state index is 0.0460. The van der Waals surface area contributed by atoms with Gasteiger partial charge in [-0.25, -0.2) is 0 Å². The van der Waals surface area contributed by atoms with Gasteiger partial charge in [0.2, 0.25) is 0 Å². The number of ether oxygens (including phenoxy) is 1. The molecule has 0 N–H and O–H groups in total. The van der Waals surface area contributed by atoms with Gasteiger partial charge in [-0.3, -0.25) is 0 Å². The Kier molecular flexibility index (Phi) is 3.70. The van der Waals surface area contributed by atoms with Crippen molar-refractivity contribution in [2.24, 2.45) is 0 Å². The first-order chi connectivity index (χ1) is 10.2. The van der Waals surface area contributed by atoms with Gasteiger partial charge in [0.15, 0.2) is 0 Å². The van der Waals surface area contributed by atoms with Gasteiger partial charge in [-0.15, -0.1) is 0 Å². The topological polar surface area (TPSA) is 52.1 Å². The number of nitrogens with zero attached hydrogens (tertiary/aromatic N) is 2. The molecular weight excluding hydrogens is 384 g/mol. The van der Waals surface area contributed by atoms with E-state index in [2.05, 4.69) is 9.19 Å². The van der Waals surface area contributed by atoms with Crippen LogP contribution in [0.5, 0.6) is 5.75 Å². The van der Waals surface area contributed by atoms with Gasteiger partial charge in [0, 0.05) is 0 Å².